The number of hydrogen-bond donors (Lipinski definition) is 0. The monoisotopic (exact) mass is 259 g/mol. The molecule has 0 saturated heterocycles. The van der Waals surface area contributed by atoms with Crippen LogP contribution in [0.15, 0.2) is 28.9 Å². The van der Waals surface area contributed by atoms with Crippen LogP contribution in [-0.4, -0.2) is 26.3 Å². The molecular weight excluding hydrogens is 246 g/mol. The minimum Gasteiger partial charge on any atom is -0.493 e. The summed E-state index contributed by atoms with van der Waals surface area (Å²) in [7, 11) is 4.77. The Labute approximate surface area is 109 Å². The van der Waals surface area contributed by atoms with Crippen LogP contribution in [0.3, 0.4) is 0 Å². The largest absolute Gasteiger partial charge is 0.493 e. The number of furan rings is 1. The van der Waals surface area contributed by atoms with Crippen molar-refractivity contribution in [1.82, 2.24) is 4.98 Å². The van der Waals surface area contributed by atoms with Gasteiger partial charge in [-0.3, -0.25) is 0 Å². The van der Waals surface area contributed by atoms with Gasteiger partial charge >= 0.3 is 0 Å². The van der Waals surface area contributed by atoms with Gasteiger partial charge in [0.1, 0.15) is 5.58 Å². The third-order valence-corrected chi connectivity index (χ3v) is 3.06. The first-order chi connectivity index (χ1) is 9.28. The average molecular weight is 259 g/mol. The van der Waals surface area contributed by atoms with Crippen LogP contribution < -0.4 is 14.2 Å². The standard InChI is InChI=1S/C14H13NO4/c1-16-11-6-9-10(7-12(11)17-2)15-14(18-3)8-4-5-19-13(8)9/h4-7H,1-3H3. The number of hydrogen-bond acceptors (Lipinski definition) is 5. The van der Waals surface area contributed by atoms with Gasteiger partial charge in [0.15, 0.2) is 11.5 Å². The van der Waals surface area contributed by atoms with Gasteiger partial charge in [-0.1, -0.05) is 0 Å². The summed E-state index contributed by atoms with van der Waals surface area (Å²) in [5, 5.41) is 1.70. The minimum absolute atomic E-state index is 0.531. The maximum atomic E-state index is 5.53. The second-order valence-corrected chi connectivity index (χ2v) is 4.01. The molecule has 3 rings (SSSR count). The van der Waals surface area contributed by atoms with Crippen molar-refractivity contribution in [1.29, 1.82) is 0 Å². The van der Waals surface area contributed by atoms with Gasteiger partial charge in [-0.2, -0.15) is 0 Å². The van der Waals surface area contributed by atoms with E-state index in [1.165, 1.54) is 0 Å². The molecule has 0 saturated carbocycles. The Hall–Kier alpha value is -2.43. The highest BCUT2D eigenvalue weighted by Gasteiger charge is 2.15. The lowest BCUT2D eigenvalue weighted by atomic mass is 10.1. The van der Waals surface area contributed by atoms with Crippen molar-refractivity contribution in [3.8, 4) is 17.4 Å². The van der Waals surface area contributed by atoms with Gasteiger partial charge < -0.3 is 18.6 Å². The number of pyridine rings is 1. The van der Waals surface area contributed by atoms with Crippen LogP contribution in [-0.2, 0) is 0 Å². The van der Waals surface area contributed by atoms with E-state index in [1.54, 1.807) is 33.7 Å². The number of aromatic nitrogens is 1. The van der Waals surface area contributed by atoms with Gasteiger partial charge in [-0.25, -0.2) is 4.98 Å². The number of nitrogens with zero attached hydrogens (tertiary/aromatic N) is 1. The van der Waals surface area contributed by atoms with Gasteiger partial charge in [0.05, 0.1) is 38.5 Å². The Bertz CT molecular complexity index is 748. The number of benzene rings is 1. The molecule has 1 aromatic carbocycles. The van der Waals surface area contributed by atoms with E-state index in [2.05, 4.69) is 4.98 Å². The topological polar surface area (TPSA) is 53.7 Å². The van der Waals surface area contributed by atoms with Crippen molar-refractivity contribution in [2.45, 2.75) is 0 Å². The van der Waals surface area contributed by atoms with E-state index < -0.39 is 0 Å². The van der Waals surface area contributed by atoms with E-state index in [0.29, 0.717) is 17.4 Å². The highest BCUT2D eigenvalue weighted by Crippen LogP contribution is 2.37. The lowest BCUT2D eigenvalue weighted by Crippen LogP contribution is -1.93. The molecule has 0 aliphatic rings. The lowest BCUT2D eigenvalue weighted by Gasteiger charge is -2.10. The molecule has 0 aliphatic carbocycles. The average Bonchev–Trinajstić information content (AvgIpc) is 2.94. The first kappa shape index (κ1) is 11.6. The van der Waals surface area contributed by atoms with Gasteiger partial charge in [-0.05, 0) is 12.1 Å². The summed E-state index contributed by atoms with van der Waals surface area (Å²) >= 11 is 0. The van der Waals surface area contributed by atoms with E-state index in [9.17, 15) is 0 Å². The van der Waals surface area contributed by atoms with E-state index >= 15 is 0 Å². The molecule has 0 radical (unpaired) electrons. The van der Waals surface area contributed by atoms with Crippen molar-refractivity contribution in [3.05, 3.63) is 24.5 Å². The van der Waals surface area contributed by atoms with Crippen molar-refractivity contribution < 1.29 is 18.6 Å². The molecule has 0 N–H and O–H groups in total. The summed E-state index contributed by atoms with van der Waals surface area (Å²) < 4.78 is 21.4. The normalized spacial score (nSPS) is 10.9. The highest BCUT2D eigenvalue weighted by atomic mass is 16.5. The van der Waals surface area contributed by atoms with Gasteiger partial charge in [-0.15, -0.1) is 0 Å². The van der Waals surface area contributed by atoms with Crippen molar-refractivity contribution in [2.75, 3.05) is 21.3 Å². The van der Waals surface area contributed by atoms with E-state index in [1.807, 2.05) is 12.1 Å². The fourth-order valence-corrected chi connectivity index (χ4v) is 2.15. The van der Waals surface area contributed by atoms with E-state index in [4.69, 9.17) is 18.6 Å². The third kappa shape index (κ3) is 1.66. The van der Waals surface area contributed by atoms with Gasteiger partial charge in [0.25, 0.3) is 0 Å². The van der Waals surface area contributed by atoms with Crippen LogP contribution in [0.2, 0.25) is 0 Å². The molecular formula is C14H13NO4. The molecule has 98 valence electrons. The fourth-order valence-electron chi connectivity index (χ4n) is 2.15. The second-order valence-electron chi connectivity index (χ2n) is 4.01. The Morgan fingerprint density at radius 3 is 2.37 bits per heavy atom. The first-order valence-corrected chi connectivity index (χ1v) is 5.75. The van der Waals surface area contributed by atoms with Crippen LogP contribution >= 0.6 is 0 Å². The summed E-state index contributed by atoms with van der Waals surface area (Å²) in [6.07, 6.45) is 1.62. The van der Waals surface area contributed by atoms with Crippen LogP contribution in [0.4, 0.5) is 0 Å². The molecule has 0 bridgehead atoms. The van der Waals surface area contributed by atoms with Crippen LogP contribution in [0.5, 0.6) is 17.4 Å². The zero-order valence-corrected chi connectivity index (χ0v) is 10.9. The SMILES string of the molecule is COc1cc2nc(OC)c3ccoc3c2cc1OC. The predicted octanol–water partition coefficient (Wildman–Crippen LogP) is 3.01. The first-order valence-electron chi connectivity index (χ1n) is 5.75. The lowest BCUT2D eigenvalue weighted by molar-refractivity contribution is 0.355. The summed E-state index contributed by atoms with van der Waals surface area (Å²) in [4.78, 5) is 4.46. The van der Waals surface area contributed by atoms with E-state index in [-0.39, 0.29) is 0 Å². The highest BCUT2D eigenvalue weighted by molar-refractivity contribution is 6.05. The second kappa shape index (κ2) is 4.35. The zero-order chi connectivity index (χ0) is 13.4. The maximum Gasteiger partial charge on any atom is 0.225 e. The summed E-state index contributed by atoms with van der Waals surface area (Å²) in [6, 6.07) is 5.49. The van der Waals surface area contributed by atoms with Gasteiger partial charge in [0, 0.05) is 11.5 Å². The molecule has 2 heterocycles. The number of ether oxygens (including phenoxy) is 3. The van der Waals surface area contributed by atoms with Crippen LogP contribution in [0.1, 0.15) is 0 Å². The Morgan fingerprint density at radius 1 is 0.947 bits per heavy atom. The zero-order valence-electron chi connectivity index (χ0n) is 10.9. The molecule has 0 amide bonds. The molecule has 19 heavy (non-hydrogen) atoms. The van der Waals surface area contributed by atoms with Crippen molar-refractivity contribution in [2.24, 2.45) is 0 Å². The fraction of sp³-hybridized carbons (Fsp3) is 0.214. The number of rotatable bonds is 3. The Balaban J connectivity index is 2.43. The number of fused-ring (bicyclic) bond motifs is 3. The van der Waals surface area contributed by atoms with Crippen LogP contribution in [0.25, 0.3) is 21.9 Å². The number of methoxy groups -OCH3 is 3. The minimum atomic E-state index is 0.531. The summed E-state index contributed by atoms with van der Waals surface area (Å²) in [5.41, 5.74) is 1.46. The molecule has 3 aromatic rings. The molecule has 0 spiro atoms. The molecule has 2 aromatic heterocycles. The maximum absolute atomic E-state index is 5.53. The molecule has 0 atom stereocenters. The van der Waals surface area contributed by atoms with Crippen molar-refractivity contribution in [3.63, 3.8) is 0 Å². The van der Waals surface area contributed by atoms with Gasteiger partial charge in [0.2, 0.25) is 5.88 Å². The molecule has 0 unspecified atom stereocenters. The predicted molar refractivity (Wildman–Crippen MR) is 71.2 cm³/mol. The van der Waals surface area contributed by atoms with E-state index in [0.717, 1.165) is 21.9 Å². The quantitative estimate of drug-likeness (QED) is 0.723. The molecule has 0 aliphatic heterocycles. The van der Waals surface area contributed by atoms with Crippen molar-refractivity contribution >= 4 is 21.9 Å². The molecule has 5 nitrogen and oxygen atoms in total. The van der Waals surface area contributed by atoms with Crippen LogP contribution in [0, 0.1) is 0 Å². The Kier molecular flexibility index (Phi) is 2.67. The smallest absolute Gasteiger partial charge is 0.225 e. The molecule has 5 heteroatoms. The summed E-state index contributed by atoms with van der Waals surface area (Å²) in [6.45, 7) is 0. The third-order valence-electron chi connectivity index (χ3n) is 3.06. The molecule has 0 fully saturated rings. The Morgan fingerprint density at radius 2 is 1.68 bits per heavy atom. The summed E-state index contributed by atoms with van der Waals surface area (Å²) in [5.74, 6) is 1.79.